The lowest BCUT2D eigenvalue weighted by atomic mass is 10.1. The van der Waals surface area contributed by atoms with Crippen LogP contribution in [0.2, 0.25) is 0 Å². The first-order valence-corrected chi connectivity index (χ1v) is 4.80. The number of carbonyl (C=O) groups excluding carboxylic acids is 1. The van der Waals surface area contributed by atoms with E-state index in [1.54, 1.807) is 0 Å². The zero-order valence-corrected chi connectivity index (χ0v) is 9.00. The van der Waals surface area contributed by atoms with Gasteiger partial charge in [0.1, 0.15) is 6.29 Å². The molecule has 0 radical (unpaired) electrons. The minimum absolute atomic E-state index is 0.128. The van der Waals surface area contributed by atoms with Gasteiger partial charge in [0.05, 0.1) is 0 Å². The molecule has 0 aliphatic carbocycles. The minimum atomic E-state index is 0.128. The van der Waals surface area contributed by atoms with Gasteiger partial charge in [-0.25, -0.2) is 0 Å². The van der Waals surface area contributed by atoms with Gasteiger partial charge in [0.2, 0.25) is 0 Å². The van der Waals surface area contributed by atoms with Crippen LogP contribution in [0, 0.1) is 0 Å². The third kappa shape index (κ3) is 3.71. The van der Waals surface area contributed by atoms with Gasteiger partial charge in [-0.3, -0.25) is 4.79 Å². The second-order valence-electron chi connectivity index (χ2n) is 4.46. The Hall–Kier alpha value is -1.15. The third-order valence-electron chi connectivity index (χ3n) is 1.94. The lowest BCUT2D eigenvalue weighted by Crippen LogP contribution is -2.35. The molecule has 0 aliphatic heterocycles. The molecule has 0 unspecified atom stereocenters. The van der Waals surface area contributed by atoms with E-state index < -0.39 is 0 Å². The number of aldehydes is 1. The lowest BCUT2D eigenvalue weighted by molar-refractivity contribution is 0.112. The number of carbonyl (C=O) groups is 1. The Labute approximate surface area is 85.3 Å². The van der Waals surface area contributed by atoms with Crippen molar-refractivity contribution < 1.29 is 4.79 Å². The van der Waals surface area contributed by atoms with Gasteiger partial charge in [-0.2, -0.15) is 0 Å². The topological polar surface area (TPSA) is 29.1 Å². The van der Waals surface area contributed by atoms with E-state index >= 15 is 0 Å². The van der Waals surface area contributed by atoms with Crippen molar-refractivity contribution in [2.45, 2.75) is 32.9 Å². The number of hydrogen-bond acceptors (Lipinski definition) is 2. The number of rotatable bonds is 3. The second-order valence-corrected chi connectivity index (χ2v) is 4.46. The molecule has 1 N–H and O–H groups in total. The van der Waals surface area contributed by atoms with Crippen molar-refractivity contribution >= 4 is 6.29 Å². The van der Waals surface area contributed by atoms with E-state index in [4.69, 9.17) is 0 Å². The molecule has 0 spiro atoms. The van der Waals surface area contributed by atoms with Crippen LogP contribution in [0.5, 0.6) is 0 Å². The first-order valence-electron chi connectivity index (χ1n) is 4.80. The minimum Gasteiger partial charge on any atom is -0.308 e. The van der Waals surface area contributed by atoms with Crippen molar-refractivity contribution in [3.05, 3.63) is 35.4 Å². The highest BCUT2D eigenvalue weighted by Crippen LogP contribution is 2.05. The van der Waals surface area contributed by atoms with Crippen molar-refractivity contribution in [3.63, 3.8) is 0 Å². The van der Waals surface area contributed by atoms with Crippen LogP contribution in [-0.2, 0) is 6.54 Å². The average molecular weight is 191 g/mol. The fourth-order valence-corrected chi connectivity index (χ4v) is 1.08. The molecule has 0 aromatic heterocycles. The van der Waals surface area contributed by atoms with E-state index in [1.165, 1.54) is 5.56 Å². The van der Waals surface area contributed by atoms with Crippen LogP contribution in [0.4, 0.5) is 0 Å². The molecule has 1 aromatic rings. The molecule has 0 saturated carbocycles. The van der Waals surface area contributed by atoms with Crippen LogP contribution < -0.4 is 5.32 Å². The summed E-state index contributed by atoms with van der Waals surface area (Å²) in [5, 5.41) is 3.39. The maximum absolute atomic E-state index is 10.4. The number of hydrogen-bond donors (Lipinski definition) is 1. The van der Waals surface area contributed by atoms with Gasteiger partial charge in [0.15, 0.2) is 0 Å². The van der Waals surface area contributed by atoms with Crippen LogP contribution in [0.25, 0.3) is 0 Å². The van der Waals surface area contributed by atoms with Crippen LogP contribution in [-0.4, -0.2) is 11.8 Å². The van der Waals surface area contributed by atoms with E-state index in [2.05, 4.69) is 26.1 Å². The van der Waals surface area contributed by atoms with Crippen LogP contribution in [0.1, 0.15) is 36.7 Å². The lowest BCUT2D eigenvalue weighted by Gasteiger charge is -2.20. The van der Waals surface area contributed by atoms with Gasteiger partial charge >= 0.3 is 0 Å². The summed E-state index contributed by atoms with van der Waals surface area (Å²) in [7, 11) is 0. The van der Waals surface area contributed by atoms with Crippen LogP contribution in [0.3, 0.4) is 0 Å². The van der Waals surface area contributed by atoms with Gasteiger partial charge in [0.25, 0.3) is 0 Å². The van der Waals surface area contributed by atoms with Crippen LogP contribution >= 0.6 is 0 Å². The Morgan fingerprint density at radius 3 is 2.21 bits per heavy atom. The molecular weight excluding hydrogens is 174 g/mol. The fourth-order valence-electron chi connectivity index (χ4n) is 1.08. The van der Waals surface area contributed by atoms with E-state index in [0.29, 0.717) is 0 Å². The molecule has 0 heterocycles. The van der Waals surface area contributed by atoms with Gasteiger partial charge in [0, 0.05) is 17.6 Å². The molecule has 1 aromatic carbocycles. The van der Waals surface area contributed by atoms with E-state index in [-0.39, 0.29) is 5.54 Å². The predicted molar refractivity (Wildman–Crippen MR) is 58.4 cm³/mol. The zero-order valence-electron chi connectivity index (χ0n) is 9.00. The maximum atomic E-state index is 10.4. The largest absolute Gasteiger partial charge is 0.308 e. The summed E-state index contributed by atoms with van der Waals surface area (Å²) in [4.78, 5) is 10.4. The Morgan fingerprint density at radius 1 is 1.21 bits per heavy atom. The maximum Gasteiger partial charge on any atom is 0.150 e. The van der Waals surface area contributed by atoms with Crippen molar-refractivity contribution in [1.29, 1.82) is 0 Å². The molecule has 14 heavy (non-hydrogen) atoms. The molecule has 0 atom stereocenters. The smallest absolute Gasteiger partial charge is 0.150 e. The third-order valence-corrected chi connectivity index (χ3v) is 1.94. The van der Waals surface area contributed by atoms with Crippen molar-refractivity contribution in [2.75, 3.05) is 0 Å². The molecule has 0 aliphatic rings. The van der Waals surface area contributed by atoms with Crippen molar-refractivity contribution in [1.82, 2.24) is 5.32 Å². The predicted octanol–water partition coefficient (Wildman–Crippen LogP) is 2.39. The number of benzene rings is 1. The Morgan fingerprint density at radius 2 is 1.79 bits per heavy atom. The quantitative estimate of drug-likeness (QED) is 0.743. The summed E-state index contributed by atoms with van der Waals surface area (Å²) in [6.45, 7) is 7.23. The summed E-state index contributed by atoms with van der Waals surface area (Å²) < 4.78 is 0. The van der Waals surface area contributed by atoms with E-state index in [9.17, 15) is 4.79 Å². The molecular formula is C12H17NO. The van der Waals surface area contributed by atoms with Gasteiger partial charge in [-0.05, 0) is 26.3 Å². The fraction of sp³-hybridized carbons (Fsp3) is 0.417. The van der Waals surface area contributed by atoms with Gasteiger partial charge < -0.3 is 5.32 Å². The van der Waals surface area contributed by atoms with E-state index in [1.807, 2.05) is 24.3 Å². The SMILES string of the molecule is CC(C)(C)NCc1ccc(C=O)cc1. The summed E-state index contributed by atoms with van der Waals surface area (Å²) in [5.74, 6) is 0. The Kier molecular flexibility index (Phi) is 3.42. The number of nitrogens with one attached hydrogen (secondary N) is 1. The molecule has 0 amide bonds. The first kappa shape index (κ1) is 10.9. The summed E-state index contributed by atoms with van der Waals surface area (Å²) >= 11 is 0. The molecule has 2 heteroatoms. The van der Waals surface area contributed by atoms with Crippen molar-refractivity contribution in [2.24, 2.45) is 0 Å². The highest BCUT2D eigenvalue weighted by Gasteiger charge is 2.07. The monoisotopic (exact) mass is 191 g/mol. The second kappa shape index (κ2) is 4.38. The summed E-state index contributed by atoms with van der Waals surface area (Å²) in [6, 6.07) is 7.63. The molecule has 0 saturated heterocycles. The zero-order chi connectivity index (χ0) is 10.6. The molecule has 1 rings (SSSR count). The van der Waals surface area contributed by atoms with Crippen LogP contribution in [0.15, 0.2) is 24.3 Å². The molecule has 0 bridgehead atoms. The summed E-state index contributed by atoms with van der Waals surface area (Å²) in [5.41, 5.74) is 2.05. The highest BCUT2D eigenvalue weighted by molar-refractivity contribution is 5.74. The molecule has 0 fully saturated rings. The molecule has 76 valence electrons. The Balaban J connectivity index is 2.56. The Bertz CT molecular complexity index is 295. The average Bonchev–Trinajstić information content (AvgIpc) is 2.14. The summed E-state index contributed by atoms with van der Waals surface area (Å²) in [6.07, 6.45) is 0.862. The molecule has 2 nitrogen and oxygen atoms in total. The normalized spacial score (nSPS) is 11.4. The van der Waals surface area contributed by atoms with Crippen molar-refractivity contribution in [3.8, 4) is 0 Å². The van der Waals surface area contributed by atoms with E-state index in [0.717, 1.165) is 18.4 Å². The first-order chi connectivity index (χ1) is 6.51. The van der Waals surface area contributed by atoms with Gasteiger partial charge in [-0.15, -0.1) is 0 Å². The highest BCUT2D eigenvalue weighted by atomic mass is 16.1. The standard InChI is InChI=1S/C12H17NO/c1-12(2,3)13-8-10-4-6-11(9-14)7-5-10/h4-7,9,13H,8H2,1-3H3. The van der Waals surface area contributed by atoms with Gasteiger partial charge in [-0.1, -0.05) is 24.3 Å².